The zero-order valence-electron chi connectivity index (χ0n) is 15.1. The van der Waals surface area contributed by atoms with Crippen LogP contribution in [0.25, 0.3) is 15.2 Å². The highest BCUT2D eigenvalue weighted by Gasteiger charge is 2.27. The van der Waals surface area contributed by atoms with E-state index in [1.165, 1.54) is 33.9 Å². The normalized spacial score (nSPS) is 18.5. The van der Waals surface area contributed by atoms with Gasteiger partial charge in [0.05, 0.1) is 22.0 Å². The molecule has 0 aliphatic carbocycles. The summed E-state index contributed by atoms with van der Waals surface area (Å²) in [5.41, 5.74) is 2.90. The molecule has 1 aromatic carbocycles. The number of rotatable bonds is 3. The highest BCUT2D eigenvalue weighted by Crippen LogP contribution is 2.36. The molecule has 1 atom stereocenters. The third kappa shape index (κ3) is 3.09. The van der Waals surface area contributed by atoms with E-state index in [2.05, 4.69) is 23.1 Å². The topological polar surface area (TPSA) is 50.5 Å². The minimum Gasteiger partial charge on any atom is -0.288 e. The molecule has 0 radical (unpaired) electrons. The smallest absolute Gasteiger partial charge is 0.259 e. The number of benzene rings is 1. The number of aromatic nitrogens is 3. The van der Waals surface area contributed by atoms with E-state index in [-0.39, 0.29) is 5.56 Å². The van der Waals surface area contributed by atoms with Gasteiger partial charge in [-0.25, -0.2) is 9.97 Å². The first-order valence-corrected chi connectivity index (χ1v) is 10.9. The van der Waals surface area contributed by atoms with Gasteiger partial charge in [0, 0.05) is 23.7 Å². The number of piperidine rings is 1. The van der Waals surface area contributed by atoms with Gasteiger partial charge in [0.1, 0.15) is 5.01 Å². The summed E-state index contributed by atoms with van der Waals surface area (Å²) in [7, 11) is 0. The van der Waals surface area contributed by atoms with Crippen LogP contribution in [0.4, 0.5) is 0 Å². The van der Waals surface area contributed by atoms with E-state index in [1.807, 2.05) is 18.4 Å². The fraction of sp³-hybridized carbons (Fsp3) is 0.350. The zero-order valence-corrected chi connectivity index (χ0v) is 16.7. The number of likely N-dealkylation sites (tertiary alicyclic amines) is 1. The molecule has 1 fully saturated rings. The number of hydrogen-bond donors (Lipinski definition) is 0. The maximum Gasteiger partial charge on any atom is 0.259 e. The predicted octanol–water partition coefficient (Wildman–Crippen LogP) is 4.40. The molecule has 0 N–H and O–H groups in total. The molecule has 4 heterocycles. The van der Waals surface area contributed by atoms with Crippen LogP contribution in [0.5, 0.6) is 0 Å². The number of nitrogens with zero attached hydrogens (tertiary/aromatic N) is 4. The Balaban J connectivity index is 1.48. The number of hydrogen-bond acceptors (Lipinski definition) is 6. The first-order valence-electron chi connectivity index (χ1n) is 9.25. The molecule has 0 saturated carbocycles. The summed E-state index contributed by atoms with van der Waals surface area (Å²) in [5.74, 6) is 0. The van der Waals surface area contributed by atoms with Crippen molar-refractivity contribution in [2.24, 2.45) is 0 Å². The molecule has 138 valence electrons. The summed E-state index contributed by atoms with van der Waals surface area (Å²) in [5, 5.41) is 3.17. The van der Waals surface area contributed by atoms with Crippen LogP contribution >= 0.6 is 22.7 Å². The SMILES string of the molecule is Cc1csc2nc(CN3CCCC[C@@H]3c3nc4ccccc4s3)cc(=O)n12. The van der Waals surface area contributed by atoms with Crippen molar-refractivity contribution in [3.05, 3.63) is 62.5 Å². The molecule has 1 aliphatic heterocycles. The number of para-hydroxylation sites is 1. The summed E-state index contributed by atoms with van der Waals surface area (Å²) in [6.07, 6.45) is 3.51. The van der Waals surface area contributed by atoms with Crippen molar-refractivity contribution in [3.8, 4) is 0 Å². The van der Waals surface area contributed by atoms with Gasteiger partial charge in [-0.05, 0) is 38.4 Å². The van der Waals surface area contributed by atoms with Crippen molar-refractivity contribution < 1.29 is 0 Å². The standard InChI is InChI=1S/C20H20N4OS2/c1-13-12-26-20-21-14(10-18(25)24(13)20)11-23-9-5-4-7-16(23)19-22-15-6-2-3-8-17(15)27-19/h2-3,6,8,10,12,16H,4-5,7,9,11H2,1H3/t16-/m1/s1. The summed E-state index contributed by atoms with van der Waals surface area (Å²) in [6.45, 7) is 3.66. The monoisotopic (exact) mass is 396 g/mol. The van der Waals surface area contributed by atoms with Crippen LogP contribution in [-0.2, 0) is 6.54 Å². The van der Waals surface area contributed by atoms with E-state index in [1.54, 1.807) is 21.8 Å². The molecular formula is C20H20N4OS2. The first kappa shape index (κ1) is 17.0. The summed E-state index contributed by atoms with van der Waals surface area (Å²) in [4.78, 5) is 25.4. The van der Waals surface area contributed by atoms with E-state index >= 15 is 0 Å². The van der Waals surface area contributed by atoms with Gasteiger partial charge in [-0.15, -0.1) is 22.7 Å². The third-order valence-corrected chi connectivity index (χ3v) is 7.28. The molecule has 0 spiro atoms. The highest BCUT2D eigenvalue weighted by atomic mass is 32.1. The van der Waals surface area contributed by atoms with Crippen LogP contribution in [0, 0.1) is 6.92 Å². The minimum atomic E-state index is 0.0160. The van der Waals surface area contributed by atoms with Gasteiger partial charge in [-0.1, -0.05) is 18.6 Å². The van der Waals surface area contributed by atoms with Gasteiger partial charge < -0.3 is 0 Å². The predicted molar refractivity (Wildman–Crippen MR) is 111 cm³/mol. The van der Waals surface area contributed by atoms with Crippen LogP contribution in [0.1, 0.15) is 41.7 Å². The fourth-order valence-electron chi connectivity index (χ4n) is 3.88. The largest absolute Gasteiger partial charge is 0.288 e. The van der Waals surface area contributed by atoms with Crippen molar-refractivity contribution in [1.29, 1.82) is 0 Å². The summed E-state index contributed by atoms with van der Waals surface area (Å²) >= 11 is 3.32. The van der Waals surface area contributed by atoms with Gasteiger partial charge in [0.2, 0.25) is 0 Å². The third-order valence-electron chi connectivity index (χ3n) is 5.20. The number of thiazole rings is 2. The van der Waals surface area contributed by atoms with Crippen LogP contribution in [0.15, 0.2) is 40.5 Å². The molecule has 27 heavy (non-hydrogen) atoms. The van der Waals surface area contributed by atoms with E-state index in [0.29, 0.717) is 12.6 Å². The average molecular weight is 397 g/mol. The maximum absolute atomic E-state index is 12.5. The van der Waals surface area contributed by atoms with Crippen molar-refractivity contribution in [3.63, 3.8) is 0 Å². The minimum absolute atomic E-state index is 0.0160. The molecule has 5 nitrogen and oxygen atoms in total. The Hall–Kier alpha value is -2.09. The molecule has 4 aromatic rings. The van der Waals surface area contributed by atoms with Gasteiger partial charge in [0.15, 0.2) is 4.96 Å². The van der Waals surface area contributed by atoms with Gasteiger partial charge in [-0.3, -0.25) is 14.1 Å². The first-order chi connectivity index (χ1) is 13.2. The van der Waals surface area contributed by atoms with Crippen molar-refractivity contribution in [1.82, 2.24) is 19.3 Å². The molecule has 7 heteroatoms. The second-order valence-corrected chi connectivity index (χ2v) is 8.98. The lowest BCUT2D eigenvalue weighted by Gasteiger charge is -2.34. The molecule has 5 rings (SSSR count). The molecule has 3 aromatic heterocycles. The Kier molecular flexibility index (Phi) is 4.30. The quantitative estimate of drug-likeness (QED) is 0.515. The van der Waals surface area contributed by atoms with Crippen LogP contribution in [0.3, 0.4) is 0 Å². The Bertz CT molecular complexity index is 1140. The number of aryl methyl sites for hydroxylation is 1. The van der Waals surface area contributed by atoms with Crippen LogP contribution < -0.4 is 5.56 Å². The molecule has 0 bridgehead atoms. The lowest BCUT2D eigenvalue weighted by molar-refractivity contribution is 0.138. The fourth-order valence-corrected chi connectivity index (χ4v) is 5.91. The Labute approximate surface area is 164 Å². The number of fused-ring (bicyclic) bond motifs is 2. The summed E-state index contributed by atoms with van der Waals surface area (Å²) in [6, 6.07) is 10.3. The van der Waals surface area contributed by atoms with Gasteiger partial charge in [-0.2, -0.15) is 0 Å². The van der Waals surface area contributed by atoms with Crippen molar-refractivity contribution in [2.45, 2.75) is 38.8 Å². The van der Waals surface area contributed by atoms with E-state index in [0.717, 1.165) is 34.8 Å². The lowest BCUT2D eigenvalue weighted by Crippen LogP contribution is -2.33. The Morgan fingerprint density at radius 3 is 3.00 bits per heavy atom. The van der Waals surface area contributed by atoms with E-state index in [9.17, 15) is 4.79 Å². The highest BCUT2D eigenvalue weighted by molar-refractivity contribution is 7.18. The van der Waals surface area contributed by atoms with Gasteiger partial charge in [0.25, 0.3) is 5.56 Å². The molecule has 0 amide bonds. The molecule has 0 unspecified atom stereocenters. The average Bonchev–Trinajstić information content (AvgIpc) is 3.26. The molecule has 1 aliphatic rings. The zero-order chi connectivity index (χ0) is 18.4. The molecular weight excluding hydrogens is 376 g/mol. The van der Waals surface area contributed by atoms with Crippen molar-refractivity contribution >= 4 is 37.9 Å². The van der Waals surface area contributed by atoms with Crippen molar-refractivity contribution in [2.75, 3.05) is 6.54 Å². The molecule has 1 saturated heterocycles. The van der Waals surface area contributed by atoms with Crippen LogP contribution in [-0.4, -0.2) is 25.8 Å². The lowest BCUT2D eigenvalue weighted by atomic mass is 10.0. The Morgan fingerprint density at radius 2 is 2.11 bits per heavy atom. The van der Waals surface area contributed by atoms with Gasteiger partial charge >= 0.3 is 0 Å². The maximum atomic E-state index is 12.5. The second kappa shape index (κ2) is 6.82. The summed E-state index contributed by atoms with van der Waals surface area (Å²) < 4.78 is 2.93. The van der Waals surface area contributed by atoms with E-state index in [4.69, 9.17) is 9.97 Å². The Morgan fingerprint density at radius 1 is 1.22 bits per heavy atom. The van der Waals surface area contributed by atoms with E-state index < -0.39 is 0 Å². The second-order valence-electron chi connectivity index (χ2n) is 7.08. The van der Waals surface area contributed by atoms with Crippen LogP contribution in [0.2, 0.25) is 0 Å².